The Bertz CT molecular complexity index is 271. The van der Waals surface area contributed by atoms with E-state index in [9.17, 15) is 14.7 Å². The van der Waals surface area contributed by atoms with Gasteiger partial charge in [-0.3, -0.25) is 0 Å². The zero-order chi connectivity index (χ0) is 12.1. The fourth-order valence-corrected chi connectivity index (χ4v) is 0.926. The van der Waals surface area contributed by atoms with E-state index in [0.717, 1.165) is 0 Å². The van der Waals surface area contributed by atoms with Gasteiger partial charge in [-0.15, -0.1) is 0 Å². The standard InChI is InChI=1S/C10H16O5/c1-4-5-10(14,6-11)9(13)15-8(12)7(2)3/h11,14H,2,4-6H2,1,3H3. The summed E-state index contributed by atoms with van der Waals surface area (Å²) in [5.41, 5.74) is -1.94. The predicted molar refractivity (Wildman–Crippen MR) is 52.9 cm³/mol. The molecule has 0 aliphatic rings. The lowest BCUT2D eigenvalue weighted by Crippen LogP contribution is -2.44. The van der Waals surface area contributed by atoms with Crippen LogP contribution in [0.25, 0.3) is 0 Å². The van der Waals surface area contributed by atoms with Gasteiger partial charge in [0.2, 0.25) is 0 Å². The van der Waals surface area contributed by atoms with E-state index in [1.54, 1.807) is 6.92 Å². The van der Waals surface area contributed by atoms with Crippen molar-refractivity contribution < 1.29 is 24.5 Å². The van der Waals surface area contributed by atoms with Gasteiger partial charge in [0.25, 0.3) is 0 Å². The summed E-state index contributed by atoms with van der Waals surface area (Å²) < 4.78 is 4.33. The van der Waals surface area contributed by atoms with Crippen LogP contribution in [0, 0.1) is 0 Å². The number of rotatable bonds is 5. The number of carbonyl (C=O) groups excluding carboxylic acids is 2. The topological polar surface area (TPSA) is 83.8 Å². The van der Waals surface area contributed by atoms with E-state index in [0.29, 0.717) is 6.42 Å². The Kier molecular flexibility index (Phi) is 5.18. The molecule has 1 unspecified atom stereocenters. The molecule has 2 N–H and O–H groups in total. The molecule has 0 spiro atoms. The molecule has 0 aromatic carbocycles. The Hall–Kier alpha value is -1.20. The molecule has 0 fully saturated rings. The fraction of sp³-hybridized carbons (Fsp3) is 0.600. The van der Waals surface area contributed by atoms with Crippen LogP contribution in [0.1, 0.15) is 26.7 Å². The number of ether oxygens (including phenoxy) is 1. The Labute approximate surface area is 88.4 Å². The quantitative estimate of drug-likeness (QED) is 0.388. The first-order valence-electron chi connectivity index (χ1n) is 4.62. The lowest BCUT2D eigenvalue weighted by molar-refractivity contribution is -0.176. The summed E-state index contributed by atoms with van der Waals surface area (Å²) in [6.45, 7) is 5.63. The van der Waals surface area contributed by atoms with Crippen molar-refractivity contribution in [2.75, 3.05) is 6.61 Å². The molecule has 0 aromatic rings. The predicted octanol–water partition coefficient (Wildman–Crippen LogP) is 0.156. The molecule has 5 heteroatoms. The average Bonchev–Trinajstić information content (AvgIpc) is 2.17. The minimum Gasteiger partial charge on any atom is -0.393 e. The highest BCUT2D eigenvalue weighted by Gasteiger charge is 2.37. The smallest absolute Gasteiger partial charge is 0.348 e. The minimum atomic E-state index is -2.00. The zero-order valence-electron chi connectivity index (χ0n) is 8.95. The van der Waals surface area contributed by atoms with Crippen molar-refractivity contribution in [2.24, 2.45) is 0 Å². The van der Waals surface area contributed by atoms with Gasteiger partial charge in [0, 0.05) is 5.57 Å². The van der Waals surface area contributed by atoms with Gasteiger partial charge < -0.3 is 14.9 Å². The normalized spacial score (nSPS) is 14.1. The second-order valence-electron chi connectivity index (χ2n) is 3.40. The molecule has 1 atom stereocenters. The lowest BCUT2D eigenvalue weighted by Gasteiger charge is -2.22. The Balaban J connectivity index is 4.53. The van der Waals surface area contributed by atoms with Gasteiger partial charge >= 0.3 is 11.9 Å². The number of aliphatic hydroxyl groups excluding tert-OH is 1. The second-order valence-corrected chi connectivity index (χ2v) is 3.40. The highest BCUT2D eigenvalue weighted by molar-refractivity contribution is 5.97. The first kappa shape index (κ1) is 13.8. The fourth-order valence-electron chi connectivity index (χ4n) is 0.926. The summed E-state index contributed by atoms with van der Waals surface area (Å²) in [5.74, 6) is -2.04. The van der Waals surface area contributed by atoms with Gasteiger partial charge in [0.15, 0.2) is 5.60 Å². The van der Waals surface area contributed by atoms with Crippen LogP contribution in [0.2, 0.25) is 0 Å². The monoisotopic (exact) mass is 216 g/mol. The van der Waals surface area contributed by atoms with Crippen LogP contribution in [0.5, 0.6) is 0 Å². The van der Waals surface area contributed by atoms with E-state index in [2.05, 4.69) is 11.3 Å². The maximum Gasteiger partial charge on any atom is 0.348 e. The first-order chi connectivity index (χ1) is 6.87. The van der Waals surface area contributed by atoms with Crippen LogP contribution < -0.4 is 0 Å². The van der Waals surface area contributed by atoms with Gasteiger partial charge in [-0.25, -0.2) is 9.59 Å². The molecule has 0 radical (unpaired) electrons. The minimum absolute atomic E-state index is 0.0335. The van der Waals surface area contributed by atoms with Crippen LogP contribution in [0.15, 0.2) is 12.2 Å². The molecule has 0 amide bonds. The molecule has 0 aliphatic carbocycles. The maximum atomic E-state index is 11.3. The molecule has 0 saturated carbocycles. The van der Waals surface area contributed by atoms with E-state index in [1.807, 2.05) is 0 Å². The summed E-state index contributed by atoms with van der Waals surface area (Å²) in [6, 6.07) is 0. The number of hydrogen-bond donors (Lipinski definition) is 2. The van der Waals surface area contributed by atoms with Crippen LogP contribution in [-0.4, -0.2) is 34.4 Å². The second kappa shape index (κ2) is 5.63. The summed E-state index contributed by atoms with van der Waals surface area (Å²) in [7, 11) is 0. The number of hydrogen-bond acceptors (Lipinski definition) is 5. The third-order valence-electron chi connectivity index (χ3n) is 1.84. The van der Waals surface area contributed by atoms with E-state index in [1.165, 1.54) is 6.92 Å². The van der Waals surface area contributed by atoms with Crippen molar-refractivity contribution >= 4 is 11.9 Å². The molecule has 86 valence electrons. The largest absolute Gasteiger partial charge is 0.393 e. The summed E-state index contributed by atoms with van der Waals surface area (Å²) in [4.78, 5) is 22.3. The van der Waals surface area contributed by atoms with E-state index < -0.39 is 24.1 Å². The summed E-state index contributed by atoms with van der Waals surface area (Å²) in [5, 5.41) is 18.5. The van der Waals surface area contributed by atoms with Gasteiger partial charge in [-0.1, -0.05) is 19.9 Å². The van der Waals surface area contributed by atoms with Gasteiger partial charge in [-0.2, -0.15) is 0 Å². The van der Waals surface area contributed by atoms with Crippen molar-refractivity contribution in [1.29, 1.82) is 0 Å². The van der Waals surface area contributed by atoms with Crippen LogP contribution in [0.3, 0.4) is 0 Å². The van der Waals surface area contributed by atoms with Crippen LogP contribution in [-0.2, 0) is 14.3 Å². The summed E-state index contributed by atoms with van der Waals surface area (Å²) in [6.07, 6.45) is 0.513. The average molecular weight is 216 g/mol. The molecule has 15 heavy (non-hydrogen) atoms. The van der Waals surface area contributed by atoms with Crippen molar-refractivity contribution in [1.82, 2.24) is 0 Å². The first-order valence-corrected chi connectivity index (χ1v) is 4.62. The van der Waals surface area contributed by atoms with Gasteiger partial charge in [0.05, 0.1) is 6.61 Å². The van der Waals surface area contributed by atoms with Crippen molar-refractivity contribution in [3.63, 3.8) is 0 Å². The van der Waals surface area contributed by atoms with Crippen molar-refractivity contribution in [3.05, 3.63) is 12.2 Å². The third kappa shape index (κ3) is 3.81. The van der Waals surface area contributed by atoms with Gasteiger partial charge in [0.1, 0.15) is 0 Å². The molecular weight excluding hydrogens is 200 g/mol. The molecule has 0 bridgehead atoms. The van der Waals surface area contributed by atoms with Crippen molar-refractivity contribution in [3.8, 4) is 0 Å². The van der Waals surface area contributed by atoms with Crippen LogP contribution in [0.4, 0.5) is 0 Å². The highest BCUT2D eigenvalue weighted by atomic mass is 16.6. The molecular formula is C10H16O5. The number of aliphatic hydroxyl groups is 2. The Morgan fingerprint density at radius 2 is 2.00 bits per heavy atom. The summed E-state index contributed by atoms with van der Waals surface area (Å²) >= 11 is 0. The zero-order valence-corrected chi connectivity index (χ0v) is 8.95. The third-order valence-corrected chi connectivity index (χ3v) is 1.84. The van der Waals surface area contributed by atoms with Gasteiger partial charge in [-0.05, 0) is 13.3 Å². The maximum absolute atomic E-state index is 11.3. The van der Waals surface area contributed by atoms with E-state index in [-0.39, 0.29) is 12.0 Å². The van der Waals surface area contributed by atoms with E-state index in [4.69, 9.17) is 5.11 Å². The number of esters is 2. The Morgan fingerprint density at radius 3 is 2.33 bits per heavy atom. The molecule has 0 saturated heterocycles. The van der Waals surface area contributed by atoms with Crippen molar-refractivity contribution in [2.45, 2.75) is 32.3 Å². The molecule has 0 aliphatic heterocycles. The highest BCUT2D eigenvalue weighted by Crippen LogP contribution is 2.14. The molecule has 0 aromatic heterocycles. The molecule has 0 heterocycles. The lowest BCUT2D eigenvalue weighted by atomic mass is 10.00. The van der Waals surface area contributed by atoms with Crippen LogP contribution >= 0.6 is 0 Å². The Morgan fingerprint density at radius 1 is 1.47 bits per heavy atom. The SMILES string of the molecule is C=C(C)C(=O)OC(=O)C(O)(CO)CCC. The van der Waals surface area contributed by atoms with E-state index >= 15 is 0 Å². The number of carbonyl (C=O) groups is 2. The molecule has 5 nitrogen and oxygen atoms in total. The molecule has 0 rings (SSSR count).